The standard InChI is InChI=1S/C37H38F5N7O3.C31H31F5N6O2.C6H9NO2.C5H9N/c1-20(2)31-33-23(12-14-43-31)11-13-37(41,42)19-52-27-10-9-25(38)30(40)29(27)32-26(39)16-24-34(45-36(51)49(33)35(24)44-32)48-18-21(3)47(17-22(48)4)28(50)8-7-15-46(5)6;1-15(2)25-27-18(8-10-37-25)7-9-31(35,36)14-44-22-6-5-20(32)24(34)23(22)26-21(33)11-19-28(40-30(43)42(27)29(19)39-26)41-13-16(3)38-12-17(41)4;1-7(2)5-3-4-6(8)9;1-4-5-6(2)3/h9-10,12,14,16,20-22H,11,13,15,17-19H2,1-6H3;5-6,8,10-11,15-17,38H,7,9,12-14H2,1-4H3;5H2,1-2H3,(H,8,9);1H,5H2,2-3H3/t21-,22+;16-,17+;;/m11../s1. The van der Waals surface area contributed by atoms with Gasteiger partial charge in [-0.2, -0.15) is 9.97 Å². The van der Waals surface area contributed by atoms with Crippen molar-refractivity contribution < 1.29 is 68.1 Å². The van der Waals surface area contributed by atoms with Crippen LogP contribution >= 0.6 is 0 Å². The van der Waals surface area contributed by atoms with Gasteiger partial charge in [0.2, 0.25) is 0 Å². The van der Waals surface area contributed by atoms with Crippen molar-refractivity contribution in [1.29, 1.82) is 0 Å². The van der Waals surface area contributed by atoms with Crippen LogP contribution in [-0.4, -0.2) is 213 Å². The summed E-state index contributed by atoms with van der Waals surface area (Å²) in [6, 6.07) is 7.47. The van der Waals surface area contributed by atoms with Crippen LogP contribution in [0.1, 0.15) is 103 Å². The second-order valence-electron chi connectivity index (χ2n) is 28.9. The fourth-order valence-electron chi connectivity index (χ4n) is 12.9. The van der Waals surface area contributed by atoms with Gasteiger partial charge in [0, 0.05) is 81.5 Å². The first kappa shape index (κ1) is 84.3. The number of carboxylic acid groups (broad SMARTS) is 1. The number of carbonyl (C=O) groups excluding carboxylic acids is 1. The molecule has 12 rings (SSSR count). The molecule has 0 unspecified atom stereocenters. The molecule has 32 heteroatoms. The average molecular weight is 1550 g/mol. The first-order valence-electron chi connectivity index (χ1n) is 35.7. The molecule has 4 atom stereocenters. The molecule has 6 aromatic heterocycles. The van der Waals surface area contributed by atoms with E-state index in [-0.39, 0.29) is 101 Å². The minimum atomic E-state index is -3.46. The zero-order valence-corrected chi connectivity index (χ0v) is 63.9. The van der Waals surface area contributed by atoms with Gasteiger partial charge in [0.1, 0.15) is 34.5 Å². The Morgan fingerprint density at radius 1 is 0.595 bits per heavy atom. The predicted octanol–water partition coefficient (Wildman–Crippen LogP) is 10.7. The van der Waals surface area contributed by atoms with Crippen LogP contribution in [0.15, 0.2) is 70.5 Å². The number of pyridine rings is 4. The molecule has 0 aliphatic carbocycles. The lowest BCUT2D eigenvalue weighted by Crippen LogP contribution is -2.58. The van der Waals surface area contributed by atoms with E-state index in [4.69, 9.17) is 21.0 Å². The van der Waals surface area contributed by atoms with Crippen molar-refractivity contribution >= 4 is 45.6 Å². The van der Waals surface area contributed by atoms with E-state index < -0.39 is 136 Å². The van der Waals surface area contributed by atoms with Crippen LogP contribution in [-0.2, 0) is 22.4 Å². The summed E-state index contributed by atoms with van der Waals surface area (Å²) < 4.78 is 167. The third-order valence-electron chi connectivity index (χ3n) is 18.3. The van der Waals surface area contributed by atoms with Gasteiger partial charge in [-0.25, -0.2) is 77.4 Å². The van der Waals surface area contributed by atoms with Crippen LogP contribution in [0.4, 0.5) is 55.5 Å². The lowest BCUT2D eigenvalue weighted by molar-refractivity contribution is -0.130. The van der Waals surface area contributed by atoms with E-state index in [9.17, 15) is 28.0 Å². The summed E-state index contributed by atoms with van der Waals surface area (Å²) in [4.78, 5) is 88.8. The van der Waals surface area contributed by atoms with Crippen molar-refractivity contribution in [1.82, 2.24) is 64.0 Å². The highest BCUT2D eigenvalue weighted by atomic mass is 19.3. The zero-order chi connectivity index (χ0) is 81.4. The first-order chi connectivity index (χ1) is 52.3. The number of carboxylic acids is 1. The molecule has 4 bridgehead atoms. The molecule has 4 aliphatic heterocycles. The minimum Gasteiger partial charge on any atom is -0.486 e. The summed E-state index contributed by atoms with van der Waals surface area (Å²) in [5, 5.41) is 11.6. The molecule has 2 saturated heterocycles. The van der Waals surface area contributed by atoms with Gasteiger partial charge in [-0.3, -0.25) is 29.5 Å². The minimum absolute atomic E-state index is 0.0180. The molecule has 10 heterocycles. The third kappa shape index (κ3) is 19.5. The number of ether oxygens (including phenoxy) is 2. The van der Waals surface area contributed by atoms with Crippen LogP contribution in [0.5, 0.6) is 11.5 Å². The van der Waals surface area contributed by atoms with Gasteiger partial charge in [-0.15, -0.1) is 6.42 Å². The van der Waals surface area contributed by atoms with Crippen molar-refractivity contribution in [3.05, 3.63) is 139 Å². The van der Waals surface area contributed by atoms with E-state index in [2.05, 4.69) is 58.9 Å². The summed E-state index contributed by atoms with van der Waals surface area (Å²) in [6.07, 6.45) is 6.02. The Morgan fingerprint density at radius 3 is 1.43 bits per heavy atom. The van der Waals surface area contributed by atoms with Gasteiger partial charge < -0.3 is 34.6 Å². The largest absolute Gasteiger partial charge is 0.486 e. The quantitative estimate of drug-likeness (QED) is 0.112. The molecule has 2 N–H and O–H groups in total. The second kappa shape index (κ2) is 35.5. The molecular formula is C79H87F10N15O7. The summed E-state index contributed by atoms with van der Waals surface area (Å²) in [6.45, 7) is 15.4. The van der Waals surface area contributed by atoms with Gasteiger partial charge in [0.15, 0.2) is 59.4 Å². The number of piperazine rings is 2. The number of aliphatic carboxylic acids is 1. The molecular weight excluding hydrogens is 1460 g/mol. The number of alkyl halides is 4. The fourth-order valence-corrected chi connectivity index (χ4v) is 12.9. The molecule has 4 aliphatic rings. The van der Waals surface area contributed by atoms with Crippen LogP contribution in [0, 0.1) is 70.9 Å². The first-order valence-corrected chi connectivity index (χ1v) is 35.7. The van der Waals surface area contributed by atoms with Crippen LogP contribution < -0.4 is 36.0 Å². The number of nitrogens with zero attached hydrogens (tertiary/aromatic N) is 14. The number of aryl methyl sites for hydroxylation is 2. The molecule has 1 amide bonds. The Morgan fingerprint density at radius 2 is 1.03 bits per heavy atom. The Hall–Kier alpha value is -10.7. The molecule has 2 fully saturated rings. The Kier molecular flexibility index (Phi) is 27.0. The van der Waals surface area contributed by atoms with Crippen molar-refractivity contribution in [2.75, 3.05) is 111 Å². The number of terminal acetylenes is 1. The second-order valence-corrected chi connectivity index (χ2v) is 28.9. The number of halogens is 10. The number of aromatic nitrogens is 8. The van der Waals surface area contributed by atoms with Gasteiger partial charge >= 0.3 is 17.3 Å². The van der Waals surface area contributed by atoms with Gasteiger partial charge in [-0.05, 0) is 160 Å². The van der Waals surface area contributed by atoms with Crippen LogP contribution in [0.25, 0.3) is 56.0 Å². The maximum Gasteiger partial charge on any atom is 0.381 e. The Bertz CT molecular complexity index is 5120. The molecule has 2 aromatic carbocycles. The topological polar surface area (TPSA) is 226 Å². The number of nitrogens with one attached hydrogen (secondary N) is 1. The van der Waals surface area contributed by atoms with E-state index in [1.165, 1.54) is 24.5 Å². The lowest BCUT2D eigenvalue weighted by atomic mass is 9.99. The van der Waals surface area contributed by atoms with Crippen molar-refractivity contribution in [2.45, 2.75) is 129 Å². The third-order valence-corrected chi connectivity index (χ3v) is 18.3. The average Bonchev–Trinajstić information content (AvgIpc) is 1.29. The van der Waals surface area contributed by atoms with E-state index >= 15 is 35.1 Å². The van der Waals surface area contributed by atoms with E-state index in [0.717, 1.165) is 39.9 Å². The summed E-state index contributed by atoms with van der Waals surface area (Å²) >= 11 is 0. The number of hydrogen-bond acceptors (Lipinski definition) is 18. The molecule has 0 radical (unpaired) electrons. The molecule has 0 spiro atoms. The van der Waals surface area contributed by atoms with Crippen molar-refractivity contribution in [2.24, 2.45) is 0 Å². The molecule has 8 aromatic rings. The highest BCUT2D eigenvalue weighted by Gasteiger charge is 2.39. The van der Waals surface area contributed by atoms with E-state index in [1.54, 1.807) is 14.7 Å². The maximum atomic E-state index is 16.4. The van der Waals surface area contributed by atoms with Crippen molar-refractivity contribution in [3.63, 3.8) is 0 Å². The fraction of sp³-hybridized carbons (Fsp3) is 0.443. The van der Waals surface area contributed by atoms with E-state index in [1.807, 2.05) is 118 Å². The normalized spacial score (nSPS) is 17.7. The molecule has 0 saturated carbocycles. The lowest BCUT2D eigenvalue weighted by Gasteiger charge is -2.44. The van der Waals surface area contributed by atoms with Crippen molar-refractivity contribution in [3.8, 4) is 81.4 Å². The van der Waals surface area contributed by atoms with Gasteiger partial charge in [-0.1, -0.05) is 45.5 Å². The number of hydrogen-bond donors (Lipinski definition) is 2. The number of rotatable bonds is 7. The van der Waals surface area contributed by atoms with Gasteiger partial charge in [0.25, 0.3) is 17.8 Å². The Labute approximate surface area is 635 Å². The van der Waals surface area contributed by atoms with Crippen LogP contribution in [0.2, 0.25) is 0 Å². The maximum absolute atomic E-state index is 16.4. The summed E-state index contributed by atoms with van der Waals surface area (Å²) in [5.74, 6) is -5.33. The smallest absolute Gasteiger partial charge is 0.381 e. The molecule has 22 nitrogen and oxygen atoms in total. The molecule has 111 heavy (non-hydrogen) atoms. The van der Waals surface area contributed by atoms with Crippen LogP contribution in [0.3, 0.4) is 0 Å². The summed E-state index contributed by atoms with van der Waals surface area (Å²) in [7, 11) is 11.2. The number of benzene rings is 2. The number of amides is 1. The number of carbonyl (C=O) groups is 2. The summed E-state index contributed by atoms with van der Waals surface area (Å²) in [5.41, 5.74) is -3.21. The molecule has 590 valence electrons. The highest BCUT2D eigenvalue weighted by Crippen LogP contribution is 2.43. The predicted molar refractivity (Wildman–Crippen MR) is 402 cm³/mol. The van der Waals surface area contributed by atoms with E-state index in [0.29, 0.717) is 60.8 Å². The highest BCUT2D eigenvalue weighted by molar-refractivity contribution is 5.95. The zero-order valence-electron chi connectivity index (χ0n) is 63.9. The Balaban J connectivity index is 0.000000217. The number of fused-ring (bicyclic) bond motifs is 10. The van der Waals surface area contributed by atoms with Gasteiger partial charge in [0.05, 0.1) is 64.3 Å². The number of anilines is 2. The monoisotopic (exact) mass is 1550 g/mol. The SMILES string of the molecule is C#CCN(C)C.CC(C)c1nccc2c1-n1c(=O)nc(N3C[C@@H](C)N(C(=O)C#CCN(C)C)C[C@@H]3C)c3cc(F)c(nc31)-c1c(ccc(F)c1F)OCC(F)(F)CC2.CC(C)c1nccc2c1-n1c(=O)nc(N3C[C@@H](C)NC[C@@H]3C)c3cc(F)c(nc31)-c1c(ccc(F)c1F)OCC(F)(F)CC2.CN(C)CC#CC(=O)O.